The van der Waals surface area contributed by atoms with Crippen LogP contribution in [0.2, 0.25) is 0 Å². The van der Waals surface area contributed by atoms with Crippen LogP contribution in [0.15, 0.2) is 42.6 Å². The van der Waals surface area contributed by atoms with E-state index in [1.807, 2.05) is 47.3 Å². The molecule has 20 heavy (non-hydrogen) atoms. The summed E-state index contributed by atoms with van der Waals surface area (Å²) < 4.78 is 13.2. The third kappa shape index (κ3) is 3.35. The van der Waals surface area contributed by atoms with E-state index in [-0.39, 0.29) is 0 Å². The van der Waals surface area contributed by atoms with Gasteiger partial charge in [0.1, 0.15) is 0 Å². The van der Waals surface area contributed by atoms with E-state index in [1.54, 1.807) is 0 Å². The fraction of sp³-hybridized carbons (Fsp3) is 0.400. The number of benzene rings is 1. The molecule has 0 amide bonds. The summed E-state index contributed by atoms with van der Waals surface area (Å²) >= 11 is 0. The van der Waals surface area contributed by atoms with E-state index < -0.39 is 10.8 Å². The summed E-state index contributed by atoms with van der Waals surface area (Å²) in [7, 11) is -0.590. The predicted octanol–water partition coefficient (Wildman–Crippen LogP) is 1.87. The van der Waals surface area contributed by atoms with Crippen LogP contribution in [0.1, 0.15) is 18.5 Å². The minimum absolute atomic E-state index is 0.481. The van der Waals surface area contributed by atoms with Crippen molar-refractivity contribution in [2.24, 2.45) is 0 Å². The van der Waals surface area contributed by atoms with Crippen molar-refractivity contribution in [1.82, 2.24) is 15.1 Å². The summed E-state index contributed by atoms with van der Waals surface area (Å²) in [5, 5.41) is 8.09. The Balaban J connectivity index is 1.57. The Kier molecular flexibility index (Phi) is 4.28. The SMILES string of the molecule is O=S1CCC(NCc2ccn(-c3ccccc3)n2)CC1. The molecule has 2 aromatic rings. The molecule has 1 aromatic carbocycles. The second-order valence-corrected chi connectivity index (χ2v) is 6.79. The van der Waals surface area contributed by atoms with Crippen LogP contribution < -0.4 is 5.32 Å². The molecule has 1 N–H and O–H groups in total. The number of nitrogens with one attached hydrogen (secondary N) is 1. The van der Waals surface area contributed by atoms with E-state index in [9.17, 15) is 4.21 Å². The maximum Gasteiger partial charge on any atom is 0.0766 e. The summed E-state index contributed by atoms with van der Waals surface area (Å²) in [6.45, 7) is 0.775. The Bertz CT molecular complexity index is 572. The number of hydrogen-bond acceptors (Lipinski definition) is 3. The summed E-state index contributed by atoms with van der Waals surface area (Å²) in [5.74, 6) is 1.66. The van der Waals surface area contributed by atoms with Gasteiger partial charge in [-0.05, 0) is 31.0 Å². The van der Waals surface area contributed by atoms with Gasteiger partial charge in [-0.15, -0.1) is 0 Å². The minimum Gasteiger partial charge on any atom is -0.308 e. The molecule has 1 aromatic heterocycles. The summed E-state index contributed by atoms with van der Waals surface area (Å²) in [6, 6.07) is 12.6. The lowest BCUT2D eigenvalue weighted by Crippen LogP contribution is -2.35. The number of aromatic nitrogens is 2. The van der Waals surface area contributed by atoms with Gasteiger partial charge < -0.3 is 5.32 Å². The largest absolute Gasteiger partial charge is 0.308 e. The predicted molar refractivity (Wildman–Crippen MR) is 81.3 cm³/mol. The highest BCUT2D eigenvalue weighted by Crippen LogP contribution is 2.11. The van der Waals surface area contributed by atoms with Crippen molar-refractivity contribution >= 4 is 10.8 Å². The van der Waals surface area contributed by atoms with Crippen molar-refractivity contribution < 1.29 is 4.21 Å². The molecule has 1 aliphatic heterocycles. The molecular weight excluding hydrogens is 270 g/mol. The smallest absolute Gasteiger partial charge is 0.0766 e. The third-order valence-electron chi connectivity index (χ3n) is 3.62. The van der Waals surface area contributed by atoms with Crippen LogP contribution >= 0.6 is 0 Å². The molecule has 1 fully saturated rings. The highest BCUT2D eigenvalue weighted by molar-refractivity contribution is 7.85. The molecule has 106 valence electrons. The van der Waals surface area contributed by atoms with Crippen molar-refractivity contribution in [3.63, 3.8) is 0 Å². The molecule has 0 unspecified atom stereocenters. The van der Waals surface area contributed by atoms with Gasteiger partial charge in [0.05, 0.1) is 11.4 Å². The van der Waals surface area contributed by atoms with Crippen LogP contribution in [0.3, 0.4) is 0 Å². The van der Waals surface area contributed by atoms with E-state index in [0.29, 0.717) is 6.04 Å². The summed E-state index contributed by atoms with van der Waals surface area (Å²) in [5.41, 5.74) is 2.12. The van der Waals surface area contributed by atoms with Gasteiger partial charge in [0.2, 0.25) is 0 Å². The minimum atomic E-state index is -0.590. The van der Waals surface area contributed by atoms with Crippen molar-refractivity contribution in [3.8, 4) is 5.69 Å². The van der Waals surface area contributed by atoms with Crippen LogP contribution in [0.5, 0.6) is 0 Å². The van der Waals surface area contributed by atoms with Crippen LogP contribution in [0.4, 0.5) is 0 Å². The van der Waals surface area contributed by atoms with Crippen molar-refractivity contribution in [2.45, 2.75) is 25.4 Å². The van der Waals surface area contributed by atoms with Gasteiger partial charge in [-0.3, -0.25) is 4.21 Å². The van der Waals surface area contributed by atoms with Gasteiger partial charge in [0.25, 0.3) is 0 Å². The fourth-order valence-electron chi connectivity index (χ4n) is 2.43. The first-order valence-electron chi connectivity index (χ1n) is 6.99. The van der Waals surface area contributed by atoms with Gasteiger partial charge in [-0.2, -0.15) is 5.10 Å². The number of hydrogen-bond donors (Lipinski definition) is 1. The first-order chi connectivity index (χ1) is 9.81. The molecule has 0 radical (unpaired) electrons. The van der Waals surface area contributed by atoms with Crippen LogP contribution in [-0.2, 0) is 17.3 Å². The fourth-order valence-corrected chi connectivity index (χ4v) is 3.73. The van der Waals surface area contributed by atoms with Gasteiger partial charge >= 0.3 is 0 Å². The molecule has 0 saturated carbocycles. The van der Waals surface area contributed by atoms with Crippen LogP contribution in [-0.4, -0.2) is 31.5 Å². The Labute approximate surface area is 121 Å². The Hall–Kier alpha value is -1.46. The normalized spacial score (nSPS) is 22.8. The molecule has 0 aliphatic carbocycles. The quantitative estimate of drug-likeness (QED) is 0.935. The molecule has 0 atom stereocenters. The monoisotopic (exact) mass is 289 g/mol. The topological polar surface area (TPSA) is 46.9 Å². The second kappa shape index (κ2) is 6.33. The van der Waals surface area contributed by atoms with E-state index in [0.717, 1.165) is 42.3 Å². The van der Waals surface area contributed by atoms with Crippen LogP contribution in [0.25, 0.3) is 5.69 Å². The molecule has 4 nitrogen and oxygen atoms in total. The maximum absolute atomic E-state index is 11.3. The van der Waals surface area contributed by atoms with E-state index in [4.69, 9.17) is 0 Å². The van der Waals surface area contributed by atoms with Crippen molar-refractivity contribution in [3.05, 3.63) is 48.3 Å². The maximum atomic E-state index is 11.3. The molecule has 1 aliphatic rings. The average Bonchev–Trinajstić information content (AvgIpc) is 2.97. The van der Waals surface area contributed by atoms with E-state index >= 15 is 0 Å². The first-order valence-corrected chi connectivity index (χ1v) is 8.48. The highest BCUT2D eigenvalue weighted by Gasteiger charge is 2.17. The van der Waals surface area contributed by atoms with Crippen molar-refractivity contribution in [1.29, 1.82) is 0 Å². The summed E-state index contributed by atoms with van der Waals surface area (Å²) in [6.07, 6.45) is 4.00. The zero-order valence-corrected chi connectivity index (χ0v) is 12.2. The molecule has 5 heteroatoms. The van der Waals surface area contributed by atoms with Crippen LogP contribution in [0, 0.1) is 0 Å². The van der Waals surface area contributed by atoms with Gasteiger partial charge in [-0.25, -0.2) is 4.68 Å². The Morgan fingerprint density at radius 3 is 2.70 bits per heavy atom. The molecular formula is C15H19N3OS. The summed E-state index contributed by atoms with van der Waals surface area (Å²) in [4.78, 5) is 0. The molecule has 1 saturated heterocycles. The zero-order chi connectivity index (χ0) is 13.8. The molecule has 3 rings (SSSR count). The lowest BCUT2D eigenvalue weighted by molar-refractivity contribution is 0.471. The van der Waals surface area contributed by atoms with E-state index in [1.165, 1.54) is 0 Å². The number of para-hydroxylation sites is 1. The number of rotatable bonds is 4. The highest BCUT2D eigenvalue weighted by atomic mass is 32.2. The molecule has 2 heterocycles. The van der Waals surface area contributed by atoms with Gasteiger partial charge in [0, 0.05) is 41.1 Å². The molecule has 0 bridgehead atoms. The molecule has 0 spiro atoms. The lowest BCUT2D eigenvalue weighted by Gasteiger charge is -2.22. The Morgan fingerprint density at radius 1 is 1.20 bits per heavy atom. The van der Waals surface area contributed by atoms with Gasteiger partial charge in [0.15, 0.2) is 0 Å². The zero-order valence-electron chi connectivity index (χ0n) is 11.4. The number of nitrogens with zero attached hydrogens (tertiary/aromatic N) is 2. The third-order valence-corrected chi connectivity index (χ3v) is 5.01. The van der Waals surface area contributed by atoms with Gasteiger partial charge in [-0.1, -0.05) is 18.2 Å². The first kappa shape index (κ1) is 13.5. The van der Waals surface area contributed by atoms with Crippen molar-refractivity contribution in [2.75, 3.05) is 11.5 Å². The second-order valence-electron chi connectivity index (χ2n) is 5.09. The Morgan fingerprint density at radius 2 is 1.95 bits per heavy atom. The average molecular weight is 289 g/mol. The lowest BCUT2D eigenvalue weighted by atomic mass is 10.1. The standard InChI is InChI=1S/C15H19N3OS/c19-20-10-7-13(8-11-20)16-12-14-6-9-18(17-14)15-4-2-1-3-5-15/h1-6,9,13,16H,7-8,10-12H2. The van der Waals surface area contributed by atoms with E-state index in [2.05, 4.69) is 10.4 Å².